The fourth-order valence-electron chi connectivity index (χ4n) is 5.93. The van der Waals surface area contributed by atoms with Crippen molar-refractivity contribution in [3.8, 4) is 5.75 Å². The molecule has 4 rings (SSSR count). The fourth-order valence-corrected chi connectivity index (χ4v) is 5.93. The summed E-state index contributed by atoms with van der Waals surface area (Å²) in [6.07, 6.45) is 9.23. The average Bonchev–Trinajstić information content (AvgIpc) is 3.24. The maximum Gasteiger partial charge on any atom is 0.222 e. The van der Waals surface area contributed by atoms with Gasteiger partial charge in [-0.15, -0.1) is 0 Å². The zero-order valence-corrected chi connectivity index (χ0v) is 19.0. The Bertz CT molecular complexity index is 723. The number of carbonyl (C=O) groups is 2. The highest BCUT2D eigenvalue weighted by Crippen LogP contribution is 2.37. The largest absolute Gasteiger partial charge is 0.493 e. The number of rotatable bonds is 6. The van der Waals surface area contributed by atoms with E-state index in [0.717, 1.165) is 51.2 Å². The Morgan fingerprint density at radius 2 is 1.65 bits per heavy atom. The lowest BCUT2D eigenvalue weighted by molar-refractivity contribution is -0.134. The third-order valence-corrected chi connectivity index (χ3v) is 7.83. The number of hydrogen-bond donors (Lipinski definition) is 0. The summed E-state index contributed by atoms with van der Waals surface area (Å²) in [6.45, 7) is 5.69. The van der Waals surface area contributed by atoms with Crippen LogP contribution in [0.15, 0.2) is 30.3 Å². The van der Waals surface area contributed by atoms with E-state index >= 15 is 0 Å². The van der Waals surface area contributed by atoms with Crippen molar-refractivity contribution in [2.45, 2.75) is 58.3 Å². The van der Waals surface area contributed by atoms with Gasteiger partial charge in [0.2, 0.25) is 11.8 Å². The van der Waals surface area contributed by atoms with Gasteiger partial charge in [-0.2, -0.15) is 0 Å². The van der Waals surface area contributed by atoms with Gasteiger partial charge in [-0.1, -0.05) is 37.5 Å². The first-order chi connectivity index (χ1) is 15.1. The molecule has 2 aliphatic heterocycles. The Morgan fingerprint density at radius 3 is 2.32 bits per heavy atom. The molecular weight excluding hydrogens is 388 g/mol. The van der Waals surface area contributed by atoms with Gasteiger partial charge in [-0.25, -0.2) is 0 Å². The normalized spacial score (nSPS) is 25.6. The monoisotopic (exact) mass is 426 g/mol. The van der Waals surface area contributed by atoms with E-state index in [1.165, 1.54) is 32.1 Å². The summed E-state index contributed by atoms with van der Waals surface area (Å²) in [5.74, 6) is 3.41. The van der Waals surface area contributed by atoms with Crippen LogP contribution in [-0.4, -0.2) is 54.4 Å². The lowest BCUT2D eigenvalue weighted by Gasteiger charge is -2.37. The first kappa shape index (κ1) is 22.2. The van der Waals surface area contributed by atoms with Crippen LogP contribution >= 0.6 is 0 Å². The smallest absolute Gasteiger partial charge is 0.222 e. The third-order valence-electron chi connectivity index (χ3n) is 7.83. The number of likely N-dealkylation sites (tertiary alicyclic amines) is 2. The molecular formula is C26H38N2O3. The molecule has 0 spiro atoms. The number of carbonyl (C=O) groups excluding carboxylic acids is 2. The Morgan fingerprint density at radius 1 is 0.935 bits per heavy atom. The summed E-state index contributed by atoms with van der Waals surface area (Å²) in [6, 6.07) is 9.95. The van der Waals surface area contributed by atoms with E-state index in [2.05, 4.69) is 4.90 Å². The van der Waals surface area contributed by atoms with E-state index in [9.17, 15) is 9.59 Å². The lowest BCUT2D eigenvalue weighted by Crippen LogP contribution is -2.42. The molecule has 1 aromatic rings. The summed E-state index contributed by atoms with van der Waals surface area (Å²) >= 11 is 0. The van der Waals surface area contributed by atoms with Gasteiger partial charge in [0.05, 0.1) is 6.61 Å². The number of ether oxygens (including phenoxy) is 1. The lowest BCUT2D eigenvalue weighted by atomic mass is 9.78. The standard InChI is InChI=1S/C26H38N2O3/c1-20(29)28-17-23(19-31-24-10-6-3-7-11-24)25(18-28)22-12-14-27(15-13-22)26(30)16-21-8-4-2-5-9-21/h3,6-7,10-11,21-23,25H,2,4-5,8-9,12-19H2,1H3. The molecule has 5 nitrogen and oxygen atoms in total. The molecule has 1 aliphatic carbocycles. The zero-order valence-electron chi connectivity index (χ0n) is 19.0. The highest BCUT2D eigenvalue weighted by atomic mass is 16.5. The number of amides is 2. The molecule has 0 aromatic heterocycles. The van der Waals surface area contributed by atoms with Crippen LogP contribution < -0.4 is 4.74 Å². The second-order valence-corrected chi connectivity index (χ2v) is 9.90. The SMILES string of the molecule is CC(=O)N1CC(COc2ccccc2)C(C2CCN(C(=O)CC3CCCCC3)CC2)C1. The number of piperidine rings is 1. The first-order valence-electron chi connectivity index (χ1n) is 12.3. The van der Waals surface area contributed by atoms with Gasteiger partial charge in [0, 0.05) is 45.4 Å². The summed E-state index contributed by atoms with van der Waals surface area (Å²) in [4.78, 5) is 29.0. The van der Waals surface area contributed by atoms with Crippen molar-refractivity contribution in [3.05, 3.63) is 30.3 Å². The van der Waals surface area contributed by atoms with Gasteiger partial charge in [0.15, 0.2) is 0 Å². The minimum atomic E-state index is 0.160. The van der Waals surface area contributed by atoms with Crippen LogP contribution in [0.2, 0.25) is 0 Å². The molecule has 0 N–H and O–H groups in total. The molecule has 1 aromatic carbocycles. The summed E-state index contributed by atoms with van der Waals surface area (Å²) in [5, 5.41) is 0. The number of nitrogens with zero attached hydrogens (tertiary/aromatic N) is 2. The van der Waals surface area contributed by atoms with Crippen molar-refractivity contribution in [1.29, 1.82) is 0 Å². The Hall–Kier alpha value is -2.04. The van der Waals surface area contributed by atoms with Crippen LogP contribution in [-0.2, 0) is 9.59 Å². The molecule has 3 aliphatic rings. The van der Waals surface area contributed by atoms with Crippen molar-refractivity contribution < 1.29 is 14.3 Å². The van der Waals surface area contributed by atoms with Crippen molar-refractivity contribution in [3.63, 3.8) is 0 Å². The molecule has 31 heavy (non-hydrogen) atoms. The Kier molecular flexibility index (Phi) is 7.52. The molecule has 0 bridgehead atoms. The van der Waals surface area contributed by atoms with Crippen molar-refractivity contribution in [2.24, 2.45) is 23.7 Å². The predicted molar refractivity (Wildman–Crippen MR) is 122 cm³/mol. The second kappa shape index (κ2) is 10.5. The van der Waals surface area contributed by atoms with E-state index in [1.807, 2.05) is 35.2 Å². The average molecular weight is 427 g/mol. The van der Waals surface area contributed by atoms with Crippen LogP contribution in [0.1, 0.15) is 58.3 Å². The van der Waals surface area contributed by atoms with E-state index < -0.39 is 0 Å². The second-order valence-electron chi connectivity index (χ2n) is 9.90. The molecule has 2 amide bonds. The maximum absolute atomic E-state index is 12.8. The van der Waals surface area contributed by atoms with E-state index in [0.29, 0.717) is 36.2 Å². The molecule has 3 fully saturated rings. The van der Waals surface area contributed by atoms with Gasteiger partial charge >= 0.3 is 0 Å². The zero-order chi connectivity index (χ0) is 21.6. The molecule has 5 heteroatoms. The van der Waals surface area contributed by atoms with Crippen LogP contribution in [0, 0.1) is 23.7 Å². The summed E-state index contributed by atoms with van der Waals surface area (Å²) in [5.41, 5.74) is 0. The number of hydrogen-bond acceptors (Lipinski definition) is 3. The quantitative estimate of drug-likeness (QED) is 0.679. The molecule has 0 radical (unpaired) electrons. The third kappa shape index (κ3) is 5.81. The highest BCUT2D eigenvalue weighted by molar-refractivity contribution is 5.76. The maximum atomic E-state index is 12.8. The van der Waals surface area contributed by atoms with Crippen molar-refractivity contribution in [2.75, 3.05) is 32.8 Å². The van der Waals surface area contributed by atoms with Crippen molar-refractivity contribution >= 4 is 11.8 Å². The van der Waals surface area contributed by atoms with Gasteiger partial charge in [0.1, 0.15) is 5.75 Å². The number of para-hydroxylation sites is 1. The highest BCUT2D eigenvalue weighted by Gasteiger charge is 2.40. The van der Waals surface area contributed by atoms with Crippen molar-refractivity contribution in [1.82, 2.24) is 9.80 Å². The van der Waals surface area contributed by atoms with Gasteiger partial charge < -0.3 is 14.5 Å². The summed E-state index contributed by atoms with van der Waals surface area (Å²) < 4.78 is 6.08. The van der Waals surface area contributed by atoms with E-state index in [-0.39, 0.29) is 5.91 Å². The van der Waals surface area contributed by atoms with Crippen LogP contribution in [0.4, 0.5) is 0 Å². The topological polar surface area (TPSA) is 49.9 Å². The van der Waals surface area contributed by atoms with Crippen LogP contribution in [0.5, 0.6) is 5.75 Å². The molecule has 170 valence electrons. The molecule has 2 saturated heterocycles. The molecule has 2 atom stereocenters. The molecule has 2 unspecified atom stereocenters. The fraction of sp³-hybridized carbons (Fsp3) is 0.692. The minimum absolute atomic E-state index is 0.160. The Balaban J connectivity index is 1.30. The Labute approximate surface area is 187 Å². The van der Waals surface area contributed by atoms with Gasteiger partial charge in [-0.05, 0) is 55.6 Å². The van der Waals surface area contributed by atoms with Crippen LogP contribution in [0.3, 0.4) is 0 Å². The van der Waals surface area contributed by atoms with E-state index in [4.69, 9.17) is 4.74 Å². The van der Waals surface area contributed by atoms with E-state index in [1.54, 1.807) is 6.92 Å². The van der Waals surface area contributed by atoms with Crippen LogP contribution in [0.25, 0.3) is 0 Å². The summed E-state index contributed by atoms with van der Waals surface area (Å²) in [7, 11) is 0. The first-order valence-corrected chi connectivity index (χ1v) is 12.3. The predicted octanol–water partition coefficient (Wildman–Crippen LogP) is 4.37. The van der Waals surface area contributed by atoms with Gasteiger partial charge in [-0.3, -0.25) is 9.59 Å². The van der Waals surface area contributed by atoms with Gasteiger partial charge in [0.25, 0.3) is 0 Å². The molecule has 2 heterocycles. The molecule has 1 saturated carbocycles. The number of benzene rings is 1. The minimum Gasteiger partial charge on any atom is -0.493 e.